The maximum absolute atomic E-state index is 11.4. The van der Waals surface area contributed by atoms with Crippen LogP contribution in [0.4, 0.5) is 0 Å². The number of hydrogen-bond acceptors (Lipinski definition) is 3. The van der Waals surface area contributed by atoms with E-state index in [9.17, 15) is 9.59 Å². The minimum Gasteiger partial charge on any atom is -0.369 e. The van der Waals surface area contributed by atoms with Crippen LogP contribution < -0.4 is 11.2 Å². The highest BCUT2D eigenvalue weighted by Crippen LogP contribution is 2.28. The van der Waals surface area contributed by atoms with Crippen molar-refractivity contribution in [1.82, 2.24) is 5.48 Å². The zero-order chi connectivity index (χ0) is 16.8. The first kappa shape index (κ1) is 17.0. The fourth-order valence-corrected chi connectivity index (χ4v) is 2.59. The molecule has 2 rings (SSSR count). The van der Waals surface area contributed by atoms with E-state index in [1.54, 1.807) is 0 Å². The number of benzene rings is 2. The monoisotopic (exact) mass is 332 g/mol. The fraction of sp³-hybridized carbons (Fsp3) is 0.176. The molecule has 2 amide bonds. The van der Waals surface area contributed by atoms with Crippen LogP contribution in [0.3, 0.4) is 0 Å². The van der Waals surface area contributed by atoms with Crippen LogP contribution in [0.1, 0.15) is 12.0 Å². The molecule has 0 heterocycles. The molecule has 0 aromatic heterocycles. The number of carbonyl (C=O) groups excluding carboxylic acids is 2. The third kappa shape index (κ3) is 4.55. The molecular weight excluding hydrogens is 316 g/mol. The number of hydrogen-bond donors (Lipinski definition) is 3. The third-order valence-electron chi connectivity index (χ3n) is 3.58. The van der Waals surface area contributed by atoms with Crippen LogP contribution >= 0.6 is 11.6 Å². The van der Waals surface area contributed by atoms with E-state index in [0.29, 0.717) is 11.4 Å². The second kappa shape index (κ2) is 7.76. The van der Waals surface area contributed by atoms with Gasteiger partial charge in [0.25, 0.3) is 0 Å². The number of primary amides is 1. The van der Waals surface area contributed by atoms with Gasteiger partial charge in [0, 0.05) is 17.0 Å². The van der Waals surface area contributed by atoms with Gasteiger partial charge in [-0.05, 0) is 23.6 Å². The van der Waals surface area contributed by atoms with E-state index in [-0.39, 0.29) is 6.42 Å². The highest BCUT2D eigenvalue weighted by Gasteiger charge is 2.19. The Morgan fingerprint density at radius 2 is 1.78 bits per heavy atom. The molecule has 0 bridgehead atoms. The summed E-state index contributed by atoms with van der Waals surface area (Å²) in [5.41, 5.74) is 9.58. The van der Waals surface area contributed by atoms with Gasteiger partial charge in [0.1, 0.15) is 0 Å². The molecule has 5 nitrogen and oxygen atoms in total. The van der Waals surface area contributed by atoms with Gasteiger partial charge in [-0.15, -0.1) is 0 Å². The molecule has 0 aliphatic rings. The van der Waals surface area contributed by atoms with E-state index in [4.69, 9.17) is 22.5 Å². The second-order valence-corrected chi connectivity index (χ2v) is 5.63. The standard InChI is InChI=1S/C17H17ClN2O3/c18-15-4-2-1-3-14(15)12-7-5-11(6-8-12)9-13(17(19)22)10-16(21)20-23/h1-8,13,23H,9-10H2,(H2,19,22)(H,20,21)/t13-/m1/s1. The molecule has 120 valence electrons. The van der Waals surface area contributed by atoms with Crippen LogP contribution in [0.25, 0.3) is 11.1 Å². The molecule has 23 heavy (non-hydrogen) atoms. The molecule has 4 N–H and O–H groups in total. The largest absolute Gasteiger partial charge is 0.369 e. The molecule has 0 radical (unpaired) electrons. The smallest absolute Gasteiger partial charge is 0.244 e. The first-order valence-electron chi connectivity index (χ1n) is 7.07. The Kier molecular flexibility index (Phi) is 5.73. The Morgan fingerprint density at radius 3 is 2.35 bits per heavy atom. The topological polar surface area (TPSA) is 92.4 Å². The summed E-state index contributed by atoms with van der Waals surface area (Å²) in [6.45, 7) is 0. The lowest BCUT2D eigenvalue weighted by Crippen LogP contribution is -2.31. The average Bonchev–Trinajstić information content (AvgIpc) is 2.55. The Balaban J connectivity index is 2.14. The summed E-state index contributed by atoms with van der Waals surface area (Å²) < 4.78 is 0. The molecule has 0 aliphatic carbocycles. The van der Waals surface area contributed by atoms with Crippen LogP contribution in [0, 0.1) is 5.92 Å². The van der Waals surface area contributed by atoms with Crippen molar-refractivity contribution in [3.05, 3.63) is 59.1 Å². The predicted molar refractivity (Wildman–Crippen MR) is 87.8 cm³/mol. The normalized spacial score (nSPS) is 11.7. The Morgan fingerprint density at radius 1 is 1.13 bits per heavy atom. The van der Waals surface area contributed by atoms with Crippen molar-refractivity contribution >= 4 is 23.4 Å². The fourth-order valence-electron chi connectivity index (χ4n) is 2.34. The SMILES string of the molecule is NC(=O)[C@@H](CC(=O)NO)Cc1ccc(-c2ccccc2Cl)cc1. The molecule has 1 atom stereocenters. The van der Waals surface area contributed by atoms with Crippen LogP contribution in [0.15, 0.2) is 48.5 Å². The lowest BCUT2D eigenvalue weighted by Gasteiger charge is -2.13. The van der Waals surface area contributed by atoms with Gasteiger partial charge in [-0.25, -0.2) is 5.48 Å². The Hall–Kier alpha value is -2.37. The summed E-state index contributed by atoms with van der Waals surface area (Å²) in [6.07, 6.45) is 0.170. The zero-order valence-electron chi connectivity index (χ0n) is 12.3. The highest BCUT2D eigenvalue weighted by molar-refractivity contribution is 6.33. The predicted octanol–water partition coefficient (Wildman–Crippen LogP) is 2.55. The summed E-state index contributed by atoms with van der Waals surface area (Å²) in [7, 11) is 0. The van der Waals surface area contributed by atoms with Gasteiger partial charge >= 0.3 is 0 Å². The van der Waals surface area contributed by atoms with E-state index >= 15 is 0 Å². The van der Waals surface area contributed by atoms with E-state index in [0.717, 1.165) is 16.7 Å². The molecule has 0 unspecified atom stereocenters. The number of carbonyl (C=O) groups is 2. The molecular formula is C17H17ClN2O3. The summed E-state index contributed by atoms with van der Waals surface area (Å²) >= 11 is 6.17. The number of nitrogens with one attached hydrogen (secondary N) is 1. The first-order chi connectivity index (χ1) is 11.0. The van der Waals surface area contributed by atoms with Gasteiger partial charge in [0.2, 0.25) is 11.8 Å². The average molecular weight is 333 g/mol. The van der Waals surface area contributed by atoms with Gasteiger partial charge in [-0.2, -0.15) is 0 Å². The third-order valence-corrected chi connectivity index (χ3v) is 3.91. The molecule has 0 fully saturated rings. The number of hydroxylamine groups is 1. The van der Waals surface area contributed by atoms with Gasteiger partial charge in [-0.1, -0.05) is 54.1 Å². The molecule has 0 saturated carbocycles. The van der Waals surface area contributed by atoms with Gasteiger partial charge in [-0.3, -0.25) is 14.8 Å². The molecule has 0 saturated heterocycles. The maximum atomic E-state index is 11.4. The number of rotatable bonds is 6. The van der Waals surface area contributed by atoms with Gasteiger partial charge in [0.05, 0.1) is 5.92 Å². The van der Waals surface area contributed by atoms with Crippen LogP contribution in [-0.2, 0) is 16.0 Å². The highest BCUT2D eigenvalue weighted by atomic mass is 35.5. The van der Waals surface area contributed by atoms with Crippen molar-refractivity contribution in [2.75, 3.05) is 0 Å². The first-order valence-corrected chi connectivity index (χ1v) is 7.45. The molecule has 2 aromatic rings. The second-order valence-electron chi connectivity index (χ2n) is 5.22. The molecule has 6 heteroatoms. The zero-order valence-corrected chi connectivity index (χ0v) is 13.1. The van der Waals surface area contributed by atoms with Crippen LogP contribution in [0.2, 0.25) is 5.02 Å². The van der Waals surface area contributed by atoms with E-state index in [1.807, 2.05) is 48.5 Å². The molecule has 0 spiro atoms. The summed E-state index contributed by atoms with van der Waals surface area (Å²) in [5, 5.41) is 9.22. The number of halogens is 1. The lowest BCUT2D eigenvalue weighted by molar-refractivity contribution is -0.133. The van der Waals surface area contributed by atoms with E-state index in [2.05, 4.69) is 0 Å². The van der Waals surface area contributed by atoms with Crippen molar-refractivity contribution in [3.8, 4) is 11.1 Å². The summed E-state index contributed by atoms with van der Waals surface area (Å²) in [4.78, 5) is 22.6. The number of amides is 2. The Bertz CT molecular complexity index is 701. The van der Waals surface area contributed by atoms with Crippen molar-refractivity contribution < 1.29 is 14.8 Å². The minimum absolute atomic E-state index is 0.155. The van der Waals surface area contributed by atoms with Crippen LogP contribution in [-0.4, -0.2) is 17.0 Å². The van der Waals surface area contributed by atoms with Crippen molar-refractivity contribution in [2.24, 2.45) is 11.7 Å². The van der Waals surface area contributed by atoms with E-state index < -0.39 is 17.7 Å². The quantitative estimate of drug-likeness (QED) is 0.560. The van der Waals surface area contributed by atoms with E-state index in [1.165, 1.54) is 5.48 Å². The summed E-state index contributed by atoms with van der Waals surface area (Å²) in [5.74, 6) is -1.89. The van der Waals surface area contributed by atoms with Crippen molar-refractivity contribution in [3.63, 3.8) is 0 Å². The van der Waals surface area contributed by atoms with Crippen LogP contribution in [0.5, 0.6) is 0 Å². The molecule has 0 aliphatic heterocycles. The number of nitrogens with two attached hydrogens (primary N) is 1. The van der Waals surface area contributed by atoms with Crippen molar-refractivity contribution in [1.29, 1.82) is 0 Å². The maximum Gasteiger partial charge on any atom is 0.244 e. The van der Waals surface area contributed by atoms with Crippen molar-refractivity contribution in [2.45, 2.75) is 12.8 Å². The Labute approximate surface area is 139 Å². The minimum atomic E-state index is -0.673. The van der Waals surface area contributed by atoms with Gasteiger partial charge < -0.3 is 5.73 Å². The molecule has 2 aromatic carbocycles. The lowest BCUT2D eigenvalue weighted by atomic mass is 9.94. The van der Waals surface area contributed by atoms with Gasteiger partial charge in [0.15, 0.2) is 0 Å². The summed E-state index contributed by atoms with van der Waals surface area (Å²) in [6, 6.07) is 15.1.